The minimum absolute atomic E-state index is 0.119. The molecule has 8 N–H and O–H groups in total. The molecule has 0 heterocycles. The topological polar surface area (TPSA) is 355 Å². The number of methoxy groups -OCH3 is 1. The molecule has 23 heteroatoms. The maximum absolute atomic E-state index is 13.8. The molecule has 2 unspecified atom stereocenters. The zero-order valence-electron chi connectivity index (χ0n) is 35.3. The second-order valence-electron chi connectivity index (χ2n) is 16.3. The van der Waals surface area contributed by atoms with Crippen LogP contribution in [0.3, 0.4) is 0 Å². The van der Waals surface area contributed by atoms with Crippen molar-refractivity contribution in [2.45, 2.75) is 54.1 Å². The van der Waals surface area contributed by atoms with E-state index in [-0.39, 0.29) is 13.2 Å². The van der Waals surface area contributed by atoms with Gasteiger partial charge in [-0.25, -0.2) is 4.79 Å². The molecule has 0 saturated heterocycles. The van der Waals surface area contributed by atoms with Crippen LogP contribution >= 0.6 is 0 Å². The van der Waals surface area contributed by atoms with Crippen LogP contribution in [0.25, 0.3) is 0 Å². The second kappa shape index (κ2) is 23.8. The van der Waals surface area contributed by atoms with Gasteiger partial charge in [0.15, 0.2) is 0 Å². The fraction of sp³-hybridized carbons (Fsp3) is 0.811. The third-order valence-corrected chi connectivity index (χ3v) is 9.58. The van der Waals surface area contributed by atoms with Gasteiger partial charge >= 0.3 is 41.8 Å². The van der Waals surface area contributed by atoms with Gasteiger partial charge in [0.25, 0.3) is 0 Å². The van der Waals surface area contributed by atoms with E-state index in [4.69, 9.17) is 37.9 Å². The molecule has 23 nitrogen and oxygen atoms in total. The molecule has 348 valence electrons. The number of rotatable bonds is 29. The van der Waals surface area contributed by atoms with Gasteiger partial charge in [0, 0.05) is 7.11 Å². The van der Waals surface area contributed by atoms with Crippen LogP contribution in [-0.2, 0) is 71.5 Å². The zero-order valence-corrected chi connectivity index (χ0v) is 35.3. The number of esters is 7. The Labute approximate surface area is 346 Å². The van der Waals surface area contributed by atoms with Crippen molar-refractivity contribution in [1.82, 2.24) is 0 Å². The SMILES string of the molecule is COCCOC(=O)C(C)(COC(=O)C(C)(COC(=O)C(C)(CO)CO)COC(=O)C(C)(CO)CO)COC(=O)C(C)(COC(=O)C(C)(CO)CO)OC(=O)C(C)(CO)CO. The maximum Gasteiger partial charge on any atom is 0.354 e. The van der Waals surface area contributed by atoms with Gasteiger partial charge in [0.1, 0.15) is 72.1 Å². The Morgan fingerprint density at radius 1 is 0.333 bits per heavy atom. The van der Waals surface area contributed by atoms with Gasteiger partial charge < -0.3 is 78.7 Å². The molecule has 0 aromatic rings. The maximum atomic E-state index is 13.8. The number of hydrogen-bond acceptors (Lipinski definition) is 23. The molecule has 0 fully saturated rings. The highest BCUT2D eigenvalue weighted by molar-refractivity contribution is 5.87. The smallest absolute Gasteiger partial charge is 0.354 e. The standard InChI is InChI=1S/C37H62O23/c1-31(11-38,12-39)24(46)55-20-36(6,21-56-25(47)32(2,13-40)14-41)28(50)57-19-35(5,27(49)54-10-9-53-8)22-58-30(52)37(7,60-29(51)34(4,17-44)18-45)23-59-26(48)33(3,15-42)16-43/h38-45H,9-23H2,1-8H3. The summed E-state index contributed by atoms with van der Waals surface area (Å²) in [5, 5.41) is 77.2. The molecule has 2 atom stereocenters. The van der Waals surface area contributed by atoms with Crippen molar-refractivity contribution in [3.8, 4) is 0 Å². The predicted molar refractivity (Wildman–Crippen MR) is 197 cm³/mol. The van der Waals surface area contributed by atoms with Crippen molar-refractivity contribution >= 4 is 41.8 Å². The Hall–Kier alpha value is -4.07. The van der Waals surface area contributed by atoms with Gasteiger partial charge in [-0.3, -0.25) is 28.8 Å². The van der Waals surface area contributed by atoms with Crippen LogP contribution in [-0.4, -0.2) is 194 Å². The van der Waals surface area contributed by atoms with Gasteiger partial charge in [-0.15, -0.1) is 0 Å². The number of ether oxygens (including phenoxy) is 8. The molecular weight excluding hydrogens is 812 g/mol. The number of aliphatic hydroxyl groups excluding tert-OH is 8. The van der Waals surface area contributed by atoms with E-state index >= 15 is 0 Å². The van der Waals surface area contributed by atoms with E-state index in [1.807, 2.05) is 0 Å². The lowest BCUT2D eigenvalue weighted by Gasteiger charge is -2.34. The molecule has 0 bridgehead atoms. The van der Waals surface area contributed by atoms with Crippen molar-refractivity contribution in [3.63, 3.8) is 0 Å². The van der Waals surface area contributed by atoms with Gasteiger partial charge in [-0.2, -0.15) is 0 Å². The Balaban J connectivity index is 6.84. The van der Waals surface area contributed by atoms with Crippen molar-refractivity contribution in [1.29, 1.82) is 0 Å². The van der Waals surface area contributed by atoms with E-state index in [0.717, 1.165) is 48.5 Å². The van der Waals surface area contributed by atoms with Gasteiger partial charge in [0.2, 0.25) is 5.60 Å². The van der Waals surface area contributed by atoms with Gasteiger partial charge in [-0.1, -0.05) is 0 Å². The average Bonchev–Trinajstić information content (AvgIpc) is 3.25. The van der Waals surface area contributed by atoms with E-state index in [2.05, 4.69) is 0 Å². The normalized spacial score (nSPS) is 14.5. The summed E-state index contributed by atoms with van der Waals surface area (Å²) in [5.74, 6) is -8.97. The minimum Gasteiger partial charge on any atom is -0.464 e. The van der Waals surface area contributed by atoms with Crippen LogP contribution in [0.1, 0.15) is 48.5 Å². The van der Waals surface area contributed by atoms with Crippen molar-refractivity contribution in [3.05, 3.63) is 0 Å². The molecule has 0 aromatic heterocycles. The third-order valence-electron chi connectivity index (χ3n) is 9.58. The number of carbonyl (C=O) groups is 7. The van der Waals surface area contributed by atoms with Crippen LogP contribution in [0.15, 0.2) is 0 Å². The van der Waals surface area contributed by atoms with E-state index < -0.39 is 166 Å². The Morgan fingerprint density at radius 2 is 0.583 bits per heavy atom. The Kier molecular flexibility index (Phi) is 22.2. The first kappa shape index (κ1) is 55.9. The Morgan fingerprint density at radius 3 is 0.883 bits per heavy atom. The first-order valence-electron chi connectivity index (χ1n) is 18.4. The highest BCUT2D eigenvalue weighted by Crippen LogP contribution is 2.30. The fourth-order valence-electron chi connectivity index (χ4n) is 3.84. The summed E-state index contributed by atoms with van der Waals surface area (Å²) >= 11 is 0. The van der Waals surface area contributed by atoms with E-state index in [1.54, 1.807) is 0 Å². The molecule has 0 aromatic carbocycles. The summed E-state index contributed by atoms with van der Waals surface area (Å²) in [5.41, 5.74) is -14.4. The van der Waals surface area contributed by atoms with Crippen LogP contribution in [0.2, 0.25) is 0 Å². The molecule has 60 heavy (non-hydrogen) atoms. The van der Waals surface area contributed by atoms with E-state index in [0.29, 0.717) is 0 Å². The van der Waals surface area contributed by atoms with Crippen molar-refractivity contribution in [2.75, 3.05) is 106 Å². The largest absolute Gasteiger partial charge is 0.464 e. The molecule has 0 aliphatic heterocycles. The van der Waals surface area contributed by atoms with Crippen molar-refractivity contribution in [2.24, 2.45) is 32.5 Å². The average molecular weight is 875 g/mol. The third kappa shape index (κ3) is 14.5. The molecule has 0 aliphatic rings. The lowest BCUT2D eigenvalue weighted by molar-refractivity contribution is -0.203. The first-order valence-corrected chi connectivity index (χ1v) is 18.4. The monoisotopic (exact) mass is 874 g/mol. The molecule has 0 saturated carbocycles. The summed E-state index contributed by atoms with van der Waals surface area (Å²) in [4.78, 5) is 92.4. The molecule has 0 spiro atoms. The fourth-order valence-corrected chi connectivity index (χ4v) is 3.84. The summed E-state index contributed by atoms with van der Waals surface area (Å²) in [6.07, 6.45) is 0. The molecule has 0 amide bonds. The lowest BCUT2D eigenvalue weighted by atomic mass is 9.90. The number of hydrogen-bond donors (Lipinski definition) is 8. The summed E-state index contributed by atoms with van der Waals surface area (Å²) in [6, 6.07) is 0. The van der Waals surface area contributed by atoms with Crippen LogP contribution in [0.4, 0.5) is 0 Å². The van der Waals surface area contributed by atoms with E-state index in [1.165, 1.54) is 7.11 Å². The highest BCUT2D eigenvalue weighted by Gasteiger charge is 2.50. The summed E-state index contributed by atoms with van der Waals surface area (Å²) < 4.78 is 41.7. The van der Waals surface area contributed by atoms with Crippen LogP contribution < -0.4 is 0 Å². The summed E-state index contributed by atoms with van der Waals surface area (Å²) in [7, 11) is 1.29. The minimum atomic E-state index is -2.61. The zero-order chi connectivity index (χ0) is 46.8. The Bertz CT molecular complexity index is 1410. The van der Waals surface area contributed by atoms with Crippen LogP contribution in [0.5, 0.6) is 0 Å². The van der Waals surface area contributed by atoms with Gasteiger partial charge in [-0.05, 0) is 48.5 Å². The lowest BCUT2D eigenvalue weighted by Crippen LogP contribution is -2.52. The van der Waals surface area contributed by atoms with Gasteiger partial charge in [0.05, 0.1) is 59.5 Å². The molecule has 0 rings (SSSR count). The summed E-state index contributed by atoms with van der Waals surface area (Å²) in [6.45, 7) is -5.15. The molecule has 0 radical (unpaired) electrons. The second-order valence-corrected chi connectivity index (χ2v) is 16.3. The highest BCUT2D eigenvalue weighted by atomic mass is 16.6. The number of carbonyl (C=O) groups excluding carboxylic acids is 7. The molecular formula is C37H62O23. The number of aliphatic hydroxyl groups is 8. The predicted octanol–water partition coefficient (Wildman–Crippen LogP) is -3.83. The van der Waals surface area contributed by atoms with Crippen molar-refractivity contribution < 1.29 is 112 Å². The first-order chi connectivity index (χ1) is 27.7. The van der Waals surface area contributed by atoms with Crippen LogP contribution in [0, 0.1) is 32.5 Å². The quantitative estimate of drug-likeness (QED) is 0.0203. The van der Waals surface area contributed by atoms with E-state index in [9.17, 15) is 74.4 Å². The molecule has 0 aliphatic carbocycles.